The number of hydrogen-bond acceptors (Lipinski definition) is 7. The summed E-state index contributed by atoms with van der Waals surface area (Å²) in [5.74, 6) is 0.650. The van der Waals surface area contributed by atoms with E-state index in [0.29, 0.717) is 24.2 Å². The molecule has 1 saturated carbocycles. The molecule has 2 rings (SSSR count). The van der Waals surface area contributed by atoms with Gasteiger partial charge < -0.3 is 10.6 Å². The van der Waals surface area contributed by atoms with Gasteiger partial charge in [-0.25, -0.2) is 4.98 Å². The van der Waals surface area contributed by atoms with Crippen LogP contribution < -0.4 is 10.6 Å². The van der Waals surface area contributed by atoms with Gasteiger partial charge in [-0.3, -0.25) is 15.0 Å². The topological polar surface area (TPSA) is 96.2 Å². The molecule has 0 aliphatic heterocycles. The van der Waals surface area contributed by atoms with Crippen LogP contribution >= 0.6 is 0 Å². The highest BCUT2D eigenvalue weighted by atomic mass is 16.6. The van der Waals surface area contributed by atoms with Crippen molar-refractivity contribution in [3.8, 4) is 0 Å². The molecule has 1 heterocycles. The van der Waals surface area contributed by atoms with E-state index in [-0.39, 0.29) is 17.5 Å². The van der Waals surface area contributed by atoms with Gasteiger partial charge >= 0.3 is 5.69 Å². The van der Waals surface area contributed by atoms with Crippen molar-refractivity contribution in [2.75, 3.05) is 31.3 Å². The van der Waals surface area contributed by atoms with Gasteiger partial charge in [0.15, 0.2) is 0 Å². The van der Waals surface area contributed by atoms with Crippen LogP contribution in [0.15, 0.2) is 0 Å². The lowest BCUT2D eigenvalue weighted by atomic mass is 10.2. The fourth-order valence-electron chi connectivity index (χ4n) is 2.25. The molecule has 0 saturated heterocycles. The third kappa shape index (κ3) is 3.57. The lowest BCUT2D eigenvalue weighted by Gasteiger charge is -2.24. The molecule has 1 aromatic heterocycles. The Hall–Kier alpha value is -1.96. The van der Waals surface area contributed by atoms with Gasteiger partial charge in [-0.1, -0.05) is 0 Å². The molecule has 0 amide bonds. The van der Waals surface area contributed by atoms with E-state index in [1.54, 1.807) is 14.0 Å². The van der Waals surface area contributed by atoms with E-state index in [4.69, 9.17) is 0 Å². The van der Waals surface area contributed by atoms with Crippen molar-refractivity contribution in [1.82, 2.24) is 14.9 Å². The standard InChI is InChI=1S/C13H22N6O2/c1-8(18(4)10-5-6-10)7-15-12-11(19(20)21)9(2)16-13(14-3)17-12/h8,10H,5-7H2,1-4H3,(H2,14,15,16,17). The summed E-state index contributed by atoms with van der Waals surface area (Å²) in [6.45, 7) is 4.32. The van der Waals surface area contributed by atoms with Crippen molar-refractivity contribution in [1.29, 1.82) is 0 Å². The molecule has 116 valence electrons. The SMILES string of the molecule is CNc1nc(C)c([N+](=O)[O-])c(NCC(C)N(C)C2CC2)n1. The number of aryl methyl sites for hydroxylation is 1. The maximum atomic E-state index is 11.2. The van der Waals surface area contributed by atoms with E-state index in [1.165, 1.54) is 12.8 Å². The van der Waals surface area contributed by atoms with Gasteiger partial charge in [0.25, 0.3) is 0 Å². The zero-order chi connectivity index (χ0) is 15.6. The maximum absolute atomic E-state index is 11.2. The average Bonchev–Trinajstić information content (AvgIpc) is 3.27. The summed E-state index contributed by atoms with van der Waals surface area (Å²) in [6.07, 6.45) is 2.47. The summed E-state index contributed by atoms with van der Waals surface area (Å²) >= 11 is 0. The molecule has 1 fully saturated rings. The first-order valence-corrected chi connectivity index (χ1v) is 7.10. The molecular formula is C13H22N6O2. The minimum absolute atomic E-state index is 0.0599. The molecule has 8 heteroatoms. The summed E-state index contributed by atoms with van der Waals surface area (Å²) in [4.78, 5) is 21.3. The fraction of sp³-hybridized carbons (Fsp3) is 0.692. The summed E-state index contributed by atoms with van der Waals surface area (Å²) in [5, 5.41) is 17.1. The van der Waals surface area contributed by atoms with Crippen LogP contribution in [0, 0.1) is 17.0 Å². The van der Waals surface area contributed by atoms with Crippen LogP contribution in [0.3, 0.4) is 0 Å². The Bertz CT molecular complexity index is 532. The summed E-state index contributed by atoms with van der Waals surface area (Å²) < 4.78 is 0. The van der Waals surface area contributed by atoms with E-state index in [9.17, 15) is 10.1 Å². The zero-order valence-electron chi connectivity index (χ0n) is 12.9. The number of rotatable bonds is 7. The zero-order valence-corrected chi connectivity index (χ0v) is 12.9. The predicted octanol–water partition coefficient (Wildman–Crippen LogP) is 1.63. The normalized spacial score (nSPS) is 15.9. The van der Waals surface area contributed by atoms with Gasteiger partial charge in [0.05, 0.1) is 4.92 Å². The van der Waals surface area contributed by atoms with Crippen molar-refractivity contribution in [3.63, 3.8) is 0 Å². The average molecular weight is 294 g/mol. The Kier molecular flexibility index (Phi) is 4.56. The Morgan fingerprint density at radius 2 is 2.14 bits per heavy atom. The molecule has 8 nitrogen and oxygen atoms in total. The van der Waals surface area contributed by atoms with Crippen LogP contribution in [0.5, 0.6) is 0 Å². The van der Waals surface area contributed by atoms with Gasteiger partial charge in [0, 0.05) is 25.7 Å². The number of likely N-dealkylation sites (N-methyl/N-ethyl adjacent to an activating group) is 1. The largest absolute Gasteiger partial charge is 0.363 e. The summed E-state index contributed by atoms with van der Waals surface area (Å²) in [7, 11) is 3.77. The Labute approximate surface area is 124 Å². The molecule has 1 aromatic rings. The van der Waals surface area contributed by atoms with Crippen LogP contribution in [0.2, 0.25) is 0 Å². The first-order valence-electron chi connectivity index (χ1n) is 7.10. The monoisotopic (exact) mass is 294 g/mol. The molecule has 1 atom stereocenters. The van der Waals surface area contributed by atoms with Crippen LogP contribution in [-0.2, 0) is 0 Å². The van der Waals surface area contributed by atoms with Crippen molar-refractivity contribution < 1.29 is 4.92 Å². The van der Waals surface area contributed by atoms with Crippen LogP contribution in [0.25, 0.3) is 0 Å². The molecule has 2 N–H and O–H groups in total. The molecule has 0 spiro atoms. The van der Waals surface area contributed by atoms with Gasteiger partial charge in [-0.05, 0) is 33.7 Å². The second-order valence-corrected chi connectivity index (χ2v) is 5.46. The minimum Gasteiger partial charge on any atom is -0.363 e. The van der Waals surface area contributed by atoms with Gasteiger partial charge in [0.1, 0.15) is 5.69 Å². The molecule has 1 aliphatic rings. The molecule has 21 heavy (non-hydrogen) atoms. The van der Waals surface area contributed by atoms with E-state index in [2.05, 4.69) is 39.5 Å². The molecule has 0 radical (unpaired) electrons. The summed E-state index contributed by atoms with van der Waals surface area (Å²) in [6, 6.07) is 0.933. The minimum atomic E-state index is -0.438. The van der Waals surface area contributed by atoms with Crippen LogP contribution in [-0.4, -0.2) is 52.5 Å². The quantitative estimate of drug-likeness (QED) is 0.582. The predicted molar refractivity (Wildman–Crippen MR) is 81.7 cm³/mol. The fourth-order valence-corrected chi connectivity index (χ4v) is 2.25. The van der Waals surface area contributed by atoms with Crippen molar-refractivity contribution in [2.24, 2.45) is 0 Å². The van der Waals surface area contributed by atoms with Crippen molar-refractivity contribution >= 4 is 17.5 Å². The van der Waals surface area contributed by atoms with Crippen LogP contribution in [0.4, 0.5) is 17.5 Å². The lowest BCUT2D eigenvalue weighted by molar-refractivity contribution is -0.385. The van der Waals surface area contributed by atoms with E-state index in [1.807, 2.05) is 0 Å². The van der Waals surface area contributed by atoms with E-state index < -0.39 is 4.92 Å². The number of nitro groups is 1. The van der Waals surface area contributed by atoms with Gasteiger partial charge in [-0.15, -0.1) is 0 Å². The maximum Gasteiger partial charge on any atom is 0.332 e. The number of aromatic nitrogens is 2. The first-order chi connectivity index (χ1) is 9.93. The first kappa shape index (κ1) is 15.4. The highest BCUT2D eigenvalue weighted by Crippen LogP contribution is 2.28. The summed E-state index contributed by atoms with van der Waals surface area (Å²) in [5.41, 5.74) is 0.292. The number of nitrogens with zero attached hydrogens (tertiary/aromatic N) is 4. The number of anilines is 2. The third-order valence-corrected chi connectivity index (χ3v) is 3.85. The van der Waals surface area contributed by atoms with E-state index in [0.717, 1.165) is 0 Å². The van der Waals surface area contributed by atoms with Crippen molar-refractivity contribution in [2.45, 2.75) is 38.8 Å². The third-order valence-electron chi connectivity index (χ3n) is 3.85. The molecule has 0 aromatic carbocycles. The number of nitrogens with one attached hydrogen (secondary N) is 2. The Morgan fingerprint density at radius 3 is 2.67 bits per heavy atom. The van der Waals surface area contributed by atoms with Crippen molar-refractivity contribution in [3.05, 3.63) is 15.8 Å². The second kappa shape index (κ2) is 6.21. The number of hydrogen-bond donors (Lipinski definition) is 2. The molecule has 0 bridgehead atoms. The highest BCUT2D eigenvalue weighted by molar-refractivity contribution is 5.60. The Balaban J connectivity index is 2.13. The van der Waals surface area contributed by atoms with E-state index >= 15 is 0 Å². The molecule has 1 aliphatic carbocycles. The molecular weight excluding hydrogens is 272 g/mol. The van der Waals surface area contributed by atoms with Gasteiger partial charge in [0.2, 0.25) is 11.8 Å². The van der Waals surface area contributed by atoms with Crippen LogP contribution in [0.1, 0.15) is 25.5 Å². The lowest BCUT2D eigenvalue weighted by Crippen LogP contribution is -2.36. The molecule has 1 unspecified atom stereocenters. The highest BCUT2D eigenvalue weighted by Gasteiger charge is 2.29. The second-order valence-electron chi connectivity index (χ2n) is 5.46. The van der Waals surface area contributed by atoms with Gasteiger partial charge in [-0.2, -0.15) is 4.98 Å². The Morgan fingerprint density at radius 1 is 1.48 bits per heavy atom. The smallest absolute Gasteiger partial charge is 0.332 e.